The summed E-state index contributed by atoms with van der Waals surface area (Å²) in [6.07, 6.45) is 0.521. The molecule has 52 heavy (non-hydrogen) atoms. The van der Waals surface area contributed by atoms with Crippen LogP contribution >= 0.6 is 11.3 Å². The van der Waals surface area contributed by atoms with Crippen LogP contribution in [0.5, 0.6) is 0 Å². The third-order valence-electron chi connectivity index (χ3n) is 9.16. The van der Waals surface area contributed by atoms with E-state index in [2.05, 4.69) is 20.9 Å². The van der Waals surface area contributed by atoms with Crippen molar-refractivity contribution in [2.24, 2.45) is 16.9 Å². The number of benzene rings is 2. The number of carbonyl (C=O) groups excluding carboxylic acids is 5. The summed E-state index contributed by atoms with van der Waals surface area (Å²) in [7, 11) is 0. The molecule has 2 heterocycles. The van der Waals surface area contributed by atoms with Gasteiger partial charge in [0.25, 0.3) is 0 Å². The van der Waals surface area contributed by atoms with Gasteiger partial charge in [0.2, 0.25) is 29.5 Å². The summed E-state index contributed by atoms with van der Waals surface area (Å²) >= 11 is 1.57. The Bertz CT molecular complexity index is 1740. The highest BCUT2D eigenvalue weighted by atomic mass is 32.1. The topological polar surface area (TPSA) is 210 Å². The van der Waals surface area contributed by atoms with Crippen LogP contribution in [0.2, 0.25) is 0 Å². The molecule has 1 fully saturated rings. The van der Waals surface area contributed by atoms with Gasteiger partial charge in [-0.3, -0.25) is 24.0 Å². The molecule has 1 aliphatic rings. The fourth-order valence-corrected chi connectivity index (χ4v) is 6.98. The number of aromatic nitrogens is 1. The highest BCUT2D eigenvalue weighted by Gasteiger charge is 2.44. The molecule has 2 aromatic carbocycles. The van der Waals surface area contributed by atoms with Gasteiger partial charge in [-0.05, 0) is 67.3 Å². The number of β-amino-alcohol motifs (C(OH)–C–C–N with tert-alkyl or cyclic N) is 1. The van der Waals surface area contributed by atoms with E-state index < -0.39 is 47.4 Å². The predicted molar refractivity (Wildman–Crippen MR) is 201 cm³/mol. The minimum atomic E-state index is -0.932. The van der Waals surface area contributed by atoms with E-state index in [1.807, 2.05) is 70.5 Å². The molecule has 8 N–H and O–H groups in total. The molecule has 0 saturated carbocycles. The van der Waals surface area contributed by atoms with Gasteiger partial charge >= 0.3 is 0 Å². The average Bonchev–Trinajstić information content (AvgIpc) is 3.70. The molecule has 280 valence electrons. The zero-order valence-corrected chi connectivity index (χ0v) is 31.3. The number of thiazole rings is 1. The first-order chi connectivity index (χ1) is 24.5. The normalized spacial score (nSPS) is 17.6. The number of nitrogens with two attached hydrogens (primary N) is 2. The average molecular weight is 734 g/mol. The first-order valence-corrected chi connectivity index (χ1v) is 18.4. The van der Waals surface area contributed by atoms with Gasteiger partial charge in [0.1, 0.15) is 12.1 Å². The maximum absolute atomic E-state index is 14.0. The summed E-state index contributed by atoms with van der Waals surface area (Å²) in [6.45, 7) is 9.35. The number of anilines is 1. The number of likely N-dealkylation sites (tertiary alicyclic amines) is 1. The molecule has 0 aliphatic carbocycles. The maximum Gasteiger partial charge on any atom is 0.246 e. The Hall–Kier alpha value is -4.66. The van der Waals surface area contributed by atoms with Crippen LogP contribution in [0.1, 0.15) is 82.7 Å². The smallest absolute Gasteiger partial charge is 0.246 e. The lowest BCUT2D eigenvalue weighted by Crippen LogP contribution is -2.57. The summed E-state index contributed by atoms with van der Waals surface area (Å²) in [5.74, 6) is -2.06. The molecular formula is C38H51N7O6S. The third kappa shape index (κ3) is 10.9. The van der Waals surface area contributed by atoms with Crippen molar-refractivity contribution < 1.29 is 29.1 Å². The summed E-state index contributed by atoms with van der Waals surface area (Å²) < 4.78 is 0. The molecular weight excluding hydrogens is 683 g/mol. The highest BCUT2D eigenvalue weighted by molar-refractivity contribution is 7.13. The van der Waals surface area contributed by atoms with Crippen LogP contribution in [-0.4, -0.2) is 75.3 Å². The third-order valence-corrected chi connectivity index (χ3v) is 10.1. The van der Waals surface area contributed by atoms with E-state index in [9.17, 15) is 29.1 Å². The van der Waals surface area contributed by atoms with Crippen molar-refractivity contribution in [3.63, 3.8) is 0 Å². The first-order valence-electron chi connectivity index (χ1n) is 17.6. The molecule has 0 spiro atoms. The van der Waals surface area contributed by atoms with E-state index in [4.69, 9.17) is 11.5 Å². The Balaban J connectivity index is 1.33. The van der Waals surface area contributed by atoms with E-state index in [1.165, 1.54) is 4.90 Å². The van der Waals surface area contributed by atoms with Crippen molar-refractivity contribution in [1.29, 1.82) is 0 Å². The van der Waals surface area contributed by atoms with Crippen LogP contribution in [0.4, 0.5) is 5.69 Å². The number of rotatable bonds is 15. The lowest BCUT2D eigenvalue weighted by molar-refractivity contribution is -0.144. The van der Waals surface area contributed by atoms with Gasteiger partial charge in [0.15, 0.2) is 0 Å². The number of carbonyl (C=O) groups is 5. The van der Waals surface area contributed by atoms with Gasteiger partial charge in [0.05, 0.1) is 34.3 Å². The quantitative estimate of drug-likeness (QED) is 0.136. The summed E-state index contributed by atoms with van der Waals surface area (Å²) in [6, 6.07) is 12.0. The zero-order valence-electron chi connectivity index (χ0n) is 30.5. The number of primary amides is 1. The highest BCUT2D eigenvalue weighted by Crippen LogP contribution is 2.29. The predicted octanol–water partition coefficient (Wildman–Crippen LogP) is 3.34. The second-order valence-electron chi connectivity index (χ2n) is 14.5. The Morgan fingerprint density at radius 2 is 1.77 bits per heavy atom. The van der Waals surface area contributed by atoms with Crippen molar-refractivity contribution in [3.8, 4) is 10.4 Å². The molecule has 1 aliphatic heterocycles. The van der Waals surface area contributed by atoms with E-state index in [1.54, 1.807) is 29.5 Å². The van der Waals surface area contributed by atoms with E-state index in [0.717, 1.165) is 27.3 Å². The second-order valence-corrected chi connectivity index (χ2v) is 15.4. The van der Waals surface area contributed by atoms with E-state index >= 15 is 0 Å². The molecule has 0 radical (unpaired) electrons. The number of amides is 5. The molecule has 1 aromatic heterocycles. The molecule has 0 unspecified atom stereocenters. The molecule has 0 bridgehead atoms. The van der Waals surface area contributed by atoms with Crippen molar-refractivity contribution in [1.82, 2.24) is 20.5 Å². The Kier molecular flexibility index (Phi) is 13.7. The lowest BCUT2D eigenvalue weighted by atomic mass is 9.85. The number of nitrogens with zero attached hydrogens (tertiary/aromatic N) is 2. The zero-order chi connectivity index (χ0) is 38.2. The van der Waals surface area contributed by atoms with Gasteiger partial charge in [-0.2, -0.15) is 0 Å². The molecule has 4 rings (SSSR count). The summed E-state index contributed by atoms with van der Waals surface area (Å²) in [5, 5.41) is 19.2. The number of aliphatic hydroxyl groups excluding tert-OH is 1. The number of aliphatic hydroxyl groups is 1. The van der Waals surface area contributed by atoms with Crippen LogP contribution in [0.15, 0.2) is 54.0 Å². The standard InChI is InChI=1S/C38H51N7O6S/c1-22(25-12-14-26(15-13-25)33-23(2)41-21-52-33)42-36(50)30-19-28(46)20-45(30)37(51)34(38(3,4)5)44-32(48)11-7-9-24-8-6-10-27(18-24)43-35(49)29(39)16-17-31(40)47/h6,8,10,12-15,18,21-22,28-30,34,46H,7,9,11,16-17,19-20,39H2,1-5H3,(H2,40,47)(H,42,50)(H,43,49)(H,44,48)/t22-,28+,29-,30-,34+/m0/s1. The summed E-state index contributed by atoms with van der Waals surface area (Å²) in [5.41, 5.74) is 16.5. The Labute approximate surface area is 308 Å². The lowest BCUT2D eigenvalue weighted by Gasteiger charge is -2.35. The minimum Gasteiger partial charge on any atom is -0.391 e. The Morgan fingerprint density at radius 1 is 1.06 bits per heavy atom. The largest absolute Gasteiger partial charge is 0.391 e. The number of hydrogen-bond donors (Lipinski definition) is 6. The number of hydrogen-bond acceptors (Lipinski definition) is 9. The minimum absolute atomic E-state index is 0.0123. The number of aryl methyl sites for hydroxylation is 2. The fraction of sp³-hybridized carbons (Fsp3) is 0.474. The van der Waals surface area contributed by atoms with Crippen LogP contribution in [0, 0.1) is 12.3 Å². The van der Waals surface area contributed by atoms with Gasteiger partial charge in [-0.25, -0.2) is 4.98 Å². The molecule has 3 aromatic rings. The van der Waals surface area contributed by atoms with Crippen molar-refractivity contribution >= 4 is 46.6 Å². The van der Waals surface area contributed by atoms with Crippen molar-refractivity contribution in [3.05, 3.63) is 70.9 Å². The van der Waals surface area contributed by atoms with Crippen LogP contribution in [0.3, 0.4) is 0 Å². The molecule has 5 atom stereocenters. The van der Waals surface area contributed by atoms with Crippen LogP contribution in [-0.2, 0) is 30.4 Å². The van der Waals surface area contributed by atoms with Gasteiger partial charge in [0, 0.05) is 31.5 Å². The number of nitrogens with one attached hydrogen (secondary N) is 3. The monoisotopic (exact) mass is 733 g/mol. The van der Waals surface area contributed by atoms with Gasteiger partial charge < -0.3 is 37.4 Å². The first kappa shape index (κ1) is 40.1. The van der Waals surface area contributed by atoms with Crippen LogP contribution in [0.25, 0.3) is 10.4 Å². The molecule has 5 amide bonds. The maximum atomic E-state index is 14.0. The fourth-order valence-electron chi connectivity index (χ4n) is 6.17. The molecule has 13 nitrogen and oxygen atoms in total. The van der Waals surface area contributed by atoms with Gasteiger partial charge in [-0.1, -0.05) is 57.2 Å². The molecule has 14 heteroatoms. The second kappa shape index (κ2) is 17.7. The SMILES string of the molecule is Cc1ncsc1-c1ccc([C@H](C)NC(=O)[C@@H]2C[C@@H](O)CN2C(=O)[C@@H](NC(=O)CCCc2cccc(NC(=O)[C@@H](N)CCC(N)=O)c2)C(C)(C)C)cc1. The van der Waals surface area contributed by atoms with Crippen LogP contribution < -0.4 is 27.4 Å². The molecule has 1 saturated heterocycles. The summed E-state index contributed by atoms with van der Waals surface area (Å²) in [4.78, 5) is 71.0. The Morgan fingerprint density at radius 3 is 2.40 bits per heavy atom. The van der Waals surface area contributed by atoms with E-state index in [0.29, 0.717) is 18.5 Å². The van der Waals surface area contributed by atoms with Crippen molar-refractivity contribution in [2.45, 2.75) is 103 Å². The van der Waals surface area contributed by atoms with E-state index in [-0.39, 0.29) is 50.1 Å². The van der Waals surface area contributed by atoms with Gasteiger partial charge in [-0.15, -0.1) is 11.3 Å². The van der Waals surface area contributed by atoms with Crippen molar-refractivity contribution in [2.75, 3.05) is 11.9 Å².